The largest absolute Gasteiger partial charge is 0.467 e. The van der Waals surface area contributed by atoms with Crippen LogP contribution in [0.5, 0.6) is 5.75 Å². The molecule has 128 valence electrons. The van der Waals surface area contributed by atoms with Gasteiger partial charge in [-0.3, -0.25) is 15.5 Å². The number of carbonyl (C=O) groups is 1. The van der Waals surface area contributed by atoms with Gasteiger partial charge >= 0.3 is 0 Å². The average molecular weight is 329 g/mol. The van der Waals surface area contributed by atoms with Gasteiger partial charge in [-0.2, -0.15) is 5.10 Å². The van der Waals surface area contributed by atoms with Gasteiger partial charge in [0.2, 0.25) is 0 Å². The zero-order valence-corrected chi connectivity index (χ0v) is 14.0. The summed E-state index contributed by atoms with van der Waals surface area (Å²) < 4.78 is 11.0. The number of allylic oxidation sites excluding steroid dienone is 1. The number of hydrogen-bond donors (Lipinski definition) is 2. The minimum atomic E-state index is 0.0337. The number of benzene rings is 1. The molecule has 0 spiro atoms. The molecule has 1 aromatic carbocycles. The molecule has 2 N–H and O–H groups in total. The molecule has 3 rings (SSSR count). The number of aldehydes is 1. The van der Waals surface area contributed by atoms with Crippen LogP contribution in [-0.2, 0) is 4.74 Å². The van der Waals surface area contributed by atoms with Gasteiger partial charge in [0.1, 0.15) is 18.2 Å². The summed E-state index contributed by atoms with van der Waals surface area (Å²) in [5, 5.41) is 7.74. The molecule has 0 amide bonds. The first kappa shape index (κ1) is 16.7. The van der Waals surface area contributed by atoms with Gasteiger partial charge in [-0.05, 0) is 56.5 Å². The van der Waals surface area contributed by atoms with Crippen LogP contribution >= 0.6 is 0 Å². The molecule has 1 fully saturated rings. The lowest BCUT2D eigenvalue weighted by Gasteiger charge is -2.23. The number of ether oxygens (including phenoxy) is 2. The maximum absolute atomic E-state index is 11.1. The Hall–Kier alpha value is -2.18. The molecule has 1 heterocycles. The summed E-state index contributed by atoms with van der Waals surface area (Å²) in [7, 11) is 1.90. The smallest absolute Gasteiger partial charge is 0.189 e. The summed E-state index contributed by atoms with van der Waals surface area (Å²) in [5.41, 5.74) is 6.65. The van der Waals surface area contributed by atoms with E-state index in [1.807, 2.05) is 20.0 Å². The van der Waals surface area contributed by atoms with E-state index >= 15 is 0 Å². The fraction of sp³-hybridized carbons (Fsp3) is 0.444. The molecule has 1 unspecified atom stereocenters. The molecule has 0 radical (unpaired) electrons. The minimum Gasteiger partial charge on any atom is -0.467 e. The summed E-state index contributed by atoms with van der Waals surface area (Å²) in [4.78, 5) is 11.1. The van der Waals surface area contributed by atoms with Gasteiger partial charge in [0.15, 0.2) is 6.79 Å². The standard InChI is InChI=1S/C18H23N3O3/c1-3-23-11-24-16-8-12(10-22)4-7-14(16)18-15(13-5-6-13)9-17(19-2)20-21-18/h4,7-10,13,17,19-20H,3,5-6,11H2,1-2H3. The van der Waals surface area contributed by atoms with Gasteiger partial charge in [-0.1, -0.05) is 6.07 Å². The van der Waals surface area contributed by atoms with Crippen LogP contribution in [0.3, 0.4) is 0 Å². The normalized spacial score (nSPS) is 20.0. The number of nitrogens with zero attached hydrogens (tertiary/aromatic N) is 1. The van der Waals surface area contributed by atoms with Crippen molar-refractivity contribution in [2.45, 2.75) is 25.9 Å². The number of hydrogen-bond acceptors (Lipinski definition) is 6. The van der Waals surface area contributed by atoms with Crippen molar-refractivity contribution in [2.75, 3.05) is 20.4 Å². The molecule has 0 bridgehead atoms. The van der Waals surface area contributed by atoms with E-state index in [1.165, 1.54) is 18.4 Å². The number of likely N-dealkylation sites (N-methyl/N-ethyl adjacent to an activating group) is 1. The molecule has 6 heteroatoms. The Morgan fingerprint density at radius 3 is 2.92 bits per heavy atom. The quantitative estimate of drug-likeness (QED) is 0.434. The summed E-state index contributed by atoms with van der Waals surface area (Å²) >= 11 is 0. The third-order valence-electron chi connectivity index (χ3n) is 4.16. The van der Waals surface area contributed by atoms with Crippen LogP contribution in [0.25, 0.3) is 0 Å². The maximum atomic E-state index is 11.1. The second-order valence-electron chi connectivity index (χ2n) is 5.88. The van der Waals surface area contributed by atoms with Crippen LogP contribution in [0.15, 0.2) is 34.9 Å². The Kier molecular flexibility index (Phi) is 5.27. The van der Waals surface area contributed by atoms with Crippen molar-refractivity contribution in [3.63, 3.8) is 0 Å². The molecule has 1 aliphatic heterocycles. The van der Waals surface area contributed by atoms with Gasteiger partial charge in [0.25, 0.3) is 0 Å². The fourth-order valence-corrected chi connectivity index (χ4v) is 2.70. The Labute approximate surface area is 141 Å². The van der Waals surface area contributed by atoms with E-state index in [1.54, 1.807) is 12.1 Å². The van der Waals surface area contributed by atoms with Crippen LogP contribution in [0.2, 0.25) is 0 Å². The molecule has 1 saturated carbocycles. The summed E-state index contributed by atoms with van der Waals surface area (Å²) in [6.45, 7) is 2.63. The van der Waals surface area contributed by atoms with Crippen LogP contribution < -0.4 is 15.5 Å². The van der Waals surface area contributed by atoms with Gasteiger partial charge in [-0.25, -0.2) is 0 Å². The number of nitrogens with one attached hydrogen (secondary N) is 2. The highest BCUT2D eigenvalue weighted by molar-refractivity contribution is 6.15. The van der Waals surface area contributed by atoms with Crippen LogP contribution in [-0.4, -0.2) is 38.6 Å². The van der Waals surface area contributed by atoms with Crippen molar-refractivity contribution in [1.82, 2.24) is 10.7 Å². The lowest BCUT2D eigenvalue weighted by Crippen LogP contribution is -2.39. The van der Waals surface area contributed by atoms with Crippen LogP contribution in [0.1, 0.15) is 35.7 Å². The van der Waals surface area contributed by atoms with E-state index in [2.05, 4.69) is 21.9 Å². The highest BCUT2D eigenvalue weighted by Gasteiger charge is 2.33. The third-order valence-corrected chi connectivity index (χ3v) is 4.16. The Balaban J connectivity index is 1.93. The summed E-state index contributed by atoms with van der Waals surface area (Å²) in [6.07, 6.45) is 5.39. The lowest BCUT2D eigenvalue weighted by atomic mass is 9.95. The predicted octanol–water partition coefficient (Wildman–Crippen LogP) is 2.06. The molecular weight excluding hydrogens is 306 g/mol. The van der Waals surface area contributed by atoms with Crippen molar-refractivity contribution in [3.05, 3.63) is 41.0 Å². The molecule has 1 atom stereocenters. The molecule has 2 aliphatic rings. The summed E-state index contributed by atoms with van der Waals surface area (Å²) in [6, 6.07) is 5.41. The third kappa shape index (κ3) is 3.66. The highest BCUT2D eigenvalue weighted by atomic mass is 16.7. The van der Waals surface area contributed by atoms with Crippen molar-refractivity contribution in [3.8, 4) is 5.75 Å². The monoisotopic (exact) mass is 329 g/mol. The zero-order valence-electron chi connectivity index (χ0n) is 14.0. The maximum Gasteiger partial charge on any atom is 0.189 e. The summed E-state index contributed by atoms with van der Waals surface area (Å²) in [5.74, 6) is 1.16. The van der Waals surface area contributed by atoms with Crippen molar-refractivity contribution in [2.24, 2.45) is 11.0 Å². The molecular formula is C18H23N3O3. The van der Waals surface area contributed by atoms with Crippen molar-refractivity contribution in [1.29, 1.82) is 0 Å². The zero-order chi connectivity index (χ0) is 16.9. The van der Waals surface area contributed by atoms with E-state index < -0.39 is 0 Å². The minimum absolute atomic E-state index is 0.0337. The second kappa shape index (κ2) is 7.59. The topological polar surface area (TPSA) is 72.0 Å². The van der Waals surface area contributed by atoms with E-state index in [0.29, 0.717) is 23.8 Å². The lowest BCUT2D eigenvalue weighted by molar-refractivity contribution is 0.0222. The number of carbonyl (C=O) groups excluding carboxylic acids is 1. The first-order chi connectivity index (χ1) is 11.8. The molecule has 1 aromatic rings. The van der Waals surface area contributed by atoms with Gasteiger partial charge in [-0.15, -0.1) is 0 Å². The van der Waals surface area contributed by atoms with Crippen LogP contribution in [0.4, 0.5) is 0 Å². The van der Waals surface area contributed by atoms with E-state index in [9.17, 15) is 4.79 Å². The van der Waals surface area contributed by atoms with E-state index in [4.69, 9.17) is 9.47 Å². The SMILES string of the molecule is CCOCOc1cc(C=O)ccc1C1=NNC(NC)C=C1C1CC1. The predicted molar refractivity (Wildman–Crippen MR) is 92.3 cm³/mol. The molecule has 1 aliphatic carbocycles. The fourth-order valence-electron chi connectivity index (χ4n) is 2.70. The average Bonchev–Trinajstić information content (AvgIpc) is 3.46. The number of hydrazone groups is 1. The Morgan fingerprint density at radius 2 is 2.25 bits per heavy atom. The van der Waals surface area contributed by atoms with Crippen molar-refractivity contribution >= 4 is 12.0 Å². The van der Waals surface area contributed by atoms with E-state index in [-0.39, 0.29) is 13.0 Å². The van der Waals surface area contributed by atoms with Crippen LogP contribution in [0, 0.1) is 5.92 Å². The number of rotatable bonds is 8. The molecule has 24 heavy (non-hydrogen) atoms. The second-order valence-corrected chi connectivity index (χ2v) is 5.88. The first-order valence-electron chi connectivity index (χ1n) is 8.29. The molecule has 0 aromatic heterocycles. The van der Waals surface area contributed by atoms with Crippen molar-refractivity contribution < 1.29 is 14.3 Å². The Bertz CT molecular complexity index is 665. The highest BCUT2D eigenvalue weighted by Crippen LogP contribution is 2.40. The van der Waals surface area contributed by atoms with Gasteiger partial charge < -0.3 is 9.47 Å². The molecule has 0 saturated heterocycles. The van der Waals surface area contributed by atoms with E-state index in [0.717, 1.165) is 17.6 Å². The Morgan fingerprint density at radius 1 is 1.42 bits per heavy atom. The first-order valence-corrected chi connectivity index (χ1v) is 8.29. The molecule has 6 nitrogen and oxygen atoms in total. The van der Waals surface area contributed by atoms with Gasteiger partial charge in [0.05, 0.1) is 5.71 Å². The van der Waals surface area contributed by atoms with Gasteiger partial charge in [0, 0.05) is 17.7 Å².